The van der Waals surface area contributed by atoms with Crippen molar-refractivity contribution >= 4 is 46.8 Å². The van der Waals surface area contributed by atoms with Crippen LogP contribution in [0, 0.1) is 17.8 Å². The summed E-state index contributed by atoms with van der Waals surface area (Å²) in [5, 5.41) is 10.8. The normalized spacial score (nSPS) is 33.6. The summed E-state index contributed by atoms with van der Waals surface area (Å²) in [5.74, 6) is -2.36. The van der Waals surface area contributed by atoms with Crippen LogP contribution < -0.4 is 4.90 Å². The fraction of sp³-hybridized carbons (Fsp3) is 0.552. The van der Waals surface area contributed by atoms with Crippen molar-refractivity contribution in [3.8, 4) is 0 Å². The van der Waals surface area contributed by atoms with Gasteiger partial charge in [-0.1, -0.05) is 56.2 Å². The fourth-order valence-corrected chi connectivity index (χ4v) is 8.49. The Labute approximate surface area is 233 Å². The average Bonchev–Trinajstić information content (AvgIpc) is 3.30. The van der Waals surface area contributed by atoms with Crippen molar-refractivity contribution in [3.63, 3.8) is 0 Å². The molecule has 0 aromatic heterocycles. The van der Waals surface area contributed by atoms with E-state index in [0.717, 1.165) is 25.7 Å². The third-order valence-electron chi connectivity index (χ3n) is 8.52. The van der Waals surface area contributed by atoms with E-state index in [1.807, 2.05) is 32.1 Å². The molecule has 204 valence electrons. The second kappa shape index (κ2) is 11.1. The lowest BCUT2D eigenvalue weighted by Gasteiger charge is -2.40. The number of fused-ring (bicyclic) bond motifs is 2. The number of hydrogen-bond donors (Lipinski definition) is 1. The van der Waals surface area contributed by atoms with Crippen molar-refractivity contribution in [2.75, 3.05) is 24.7 Å². The van der Waals surface area contributed by atoms with E-state index in [4.69, 9.17) is 16.3 Å². The zero-order chi connectivity index (χ0) is 27.0. The molecule has 0 radical (unpaired) electrons. The Bertz CT molecular complexity index is 1140. The zero-order valence-electron chi connectivity index (χ0n) is 21.8. The fourth-order valence-electron chi connectivity index (χ4n) is 6.38. The van der Waals surface area contributed by atoms with Crippen molar-refractivity contribution in [2.24, 2.45) is 17.8 Å². The lowest BCUT2D eigenvalue weighted by molar-refractivity contribution is -0.153. The van der Waals surface area contributed by atoms with Crippen LogP contribution in [0.3, 0.4) is 0 Å². The smallest absolute Gasteiger partial charge is 0.311 e. The highest BCUT2D eigenvalue weighted by Crippen LogP contribution is 2.61. The number of aliphatic hydroxyl groups is 1. The van der Waals surface area contributed by atoms with Crippen molar-refractivity contribution < 1.29 is 24.2 Å². The van der Waals surface area contributed by atoms with Crippen LogP contribution in [0.25, 0.3) is 0 Å². The van der Waals surface area contributed by atoms with Gasteiger partial charge in [0.05, 0.1) is 35.8 Å². The van der Waals surface area contributed by atoms with Gasteiger partial charge in [-0.25, -0.2) is 0 Å². The summed E-state index contributed by atoms with van der Waals surface area (Å²) in [5.41, 5.74) is 0.683. The Kier molecular flexibility index (Phi) is 7.94. The highest BCUT2D eigenvalue weighted by atomic mass is 35.5. The van der Waals surface area contributed by atoms with E-state index in [9.17, 15) is 19.5 Å². The van der Waals surface area contributed by atoms with E-state index in [2.05, 4.69) is 6.08 Å². The van der Waals surface area contributed by atoms with Gasteiger partial charge in [-0.05, 0) is 49.4 Å². The molecule has 38 heavy (non-hydrogen) atoms. The highest BCUT2D eigenvalue weighted by Gasteiger charge is 2.72. The van der Waals surface area contributed by atoms with E-state index in [1.54, 1.807) is 34.1 Å². The van der Waals surface area contributed by atoms with E-state index in [0.29, 0.717) is 23.9 Å². The predicted molar refractivity (Wildman–Crippen MR) is 149 cm³/mol. The van der Waals surface area contributed by atoms with E-state index >= 15 is 0 Å². The van der Waals surface area contributed by atoms with Crippen molar-refractivity contribution in [1.29, 1.82) is 0 Å². The molecule has 1 N–H and O–H groups in total. The second-order valence-electron chi connectivity index (χ2n) is 10.6. The maximum Gasteiger partial charge on any atom is 0.311 e. The van der Waals surface area contributed by atoms with Crippen LogP contribution in [-0.4, -0.2) is 69.6 Å². The molecule has 0 saturated carbocycles. The number of likely N-dealkylation sites (tertiary alicyclic amines) is 1. The Morgan fingerprint density at radius 3 is 2.63 bits per heavy atom. The average molecular weight is 559 g/mol. The predicted octanol–water partition coefficient (Wildman–Crippen LogP) is 4.23. The van der Waals surface area contributed by atoms with Gasteiger partial charge in [0, 0.05) is 22.5 Å². The molecule has 4 heterocycles. The van der Waals surface area contributed by atoms with Crippen LogP contribution in [0.15, 0.2) is 48.6 Å². The molecular weight excluding hydrogens is 524 g/mol. The summed E-state index contributed by atoms with van der Waals surface area (Å²) in [7, 11) is 0. The number of esters is 1. The first-order valence-electron chi connectivity index (χ1n) is 13.5. The number of halogens is 1. The Hall–Kier alpha value is -2.29. The first kappa shape index (κ1) is 27.3. The number of cyclic esters (lactones) is 1. The molecule has 5 rings (SSSR count). The van der Waals surface area contributed by atoms with Crippen molar-refractivity contribution in [3.05, 3.63) is 53.6 Å². The molecule has 4 aliphatic heterocycles. The molecule has 7 atom stereocenters. The molecule has 1 aromatic rings. The van der Waals surface area contributed by atoms with Crippen LogP contribution in [0.1, 0.15) is 39.5 Å². The van der Waals surface area contributed by atoms with Gasteiger partial charge in [0.2, 0.25) is 5.91 Å². The monoisotopic (exact) mass is 558 g/mol. The number of thioether (sulfide) groups is 1. The minimum absolute atomic E-state index is 0.0412. The first-order chi connectivity index (χ1) is 18.3. The first-order valence-corrected chi connectivity index (χ1v) is 14.8. The Morgan fingerprint density at radius 2 is 1.92 bits per heavy atom. The molecule has 4 aliphatic rings. The van der Waals surface area contributed by atoms with E-state index < -0.39 is 28.7 Å². The number of carbonyl (C=O) groups excluding carboxylic acids is 3. The molecule has 2 saturated heterocycles. The van der Waals surface area contributed by atoms with E-state index in [1.165, 1.54) is 11.8 Å². The van der Waals surface area contributed by atoms with Crippen LogP contribution in [-0.2, 0) is 19.1 Å². The Morgan fingerprint density at radius 1 is 1.16 bits per heavy atom. The number of amides is 2. The third kappa shape index (κ3) is 4.48. The maximum absolute atomic E-state index is 14.5. The molecule has 9 heteroatoms. The number of nitrogens with zero attached hydrogens (tertiary/aromatic N) is 2. The quantitative estimate of drug-likeness (QED) is 0.430. The number of ether oxygens (including phenoxy) is 1. The summed E-state index contributed by atoms with van der Waals surface area (Å²) >= 11 is 7.64. The lowest BCUT2D eigenvalue weighted by atomic mass is 9.78. The highest BCUT2D eigenvalue weighted by molar-refractivity contribution is 8.02. The number of allylic oxidation sites excluding steroid dienone is 1. The van der Waals surface area contributed by atoms with Gasteiger partial charge >= 0.3 is 5.97 Å². The van der Waals surface area contributed by atoms with Gasteiger partial charge in [0.1, 0.15) is 6.04 Å². The number of benzene rings is 1. The zero-order valence-corrected chi connectivity index (χ0v) is 23.4. The van der Waals surface area contributed by atoms with Gasteiger partial charge in [-0.2, -0.15) is 0 Å². The van der Waals surface area contributed by atoms with E-state index in [-0.39, 0.29) is 35.6 Å². The van der Waals surface area contributed by atoms with Gasteiger partial charge in [-0.15, -0.1) is 11.8 Å². The third-order valence-corrected chi connectivity index (χ3v) is 10.5. The molecule has 1 spiro atoms. The molecule has 2 amide bonds. The largest absolute Gasteiger partial charge is 0.465 e. The second-order valence-corrected chi connectivity index (χ2v) is 12.6. The number of anilines is 1. The summed E-state index contributed by atoms with van der Waals surface area (Å²) in [4.78, 5) is 45.7. The summed E-state index contributed by atoms with van der Waals surface area (Å²) in [6.45, 7) is 4.39. The summed E-state index contributed by atoms with van der Waals surface area (Å²) in [6.07, 6.45) is 11.4. The number of aliphatic hydroxyl groups excluding tert-OH is 1. The molecule has 0 bridgehead atoms. The van der Waals surface area contributed by atoms with Crippen molar-refractivity contribution in [1.82, 2.24) is 4.90 Å². The standard InChI is InChI=1S/C29H35ClN2O5S/c1-3-18(2)21(17-33)32-25-27(35)31(20-12-10-19(30)11-13-20)15-8-14-29(25)24(26(32)34)23-22(38-29)9-6-4-5-7-16-37-28(23)36/h6,8-14,18,21-25,33H,3-5,7,15-17H2,1-2H3/b9-6-/t18-,21-,22-,23+,24-,25?,29-/m0/s1. The minimum Gasteiger partial charge on any atom is -0.465 e. The number of hydrogen-bond acceptors (Lipinski definition) is 6. The number of rotatable bonds is 5. The summed E-state index contributed by atoms with van der Waals surface area (Å²) < 4.78 is 4.72. The van der Waals surface area contributed by atoms with Crippen LogP contribution in [0.4, 0.5) is 5.69 Å². The molecule has 1 aromatic carbocycles. The Balaban J connectivity index is 1.65. The molecular formula is C29H35ClN2O5S. The van der Waals surface area contributed by atoms with Crippen molar-refractivity contribution in [2.45, 2.75) is 61.6 Å². The molecule has 1 unspecified atom stereocenters. The SMILES string of the molecule is CC[C@H](C)[C@H](CO)N1C(=O)[C@@H]2[C@@H]3C(=O)OCCCC/C=C\[C@@H]3S[C@@]23C=CCN(c2ccc(Cl)cc2)C(=O)C13. The van der Waals surface area contributed by atoms with Crippen LogP contribution in [0.2, 0.25) is 5.02 Å². The van der Waals surface area contributed by atoms with Gasteiger partial charge < -0.3 is 19.6 Å². The molecule has 7 nitrogen and oxygen atoms in total. The van der Waals surface area contributed by atoms with Crippen LogP contribution >= 0.6 is 23.4 Å². The summed E-state index contributed by atoms with van der Waals surface area (Å²) in [6, 6.07) is 5.65. The minimum atomic E-state index is -0.955. The topological polar surface area (TPSA) is 87.2 Å². The number of carbonyl (C=O) groups is 3. The van der Waals surface area contributed by atoms with Crippen LogP contribution in [0.5, 0.6) is 0 Å². The lowest BCUT2D eigenvalue weighted by Crippen LogP contribution is -2.58. The molecule has 0 aliphatic carbocycles. The van der Waals surface area contributed by atoms with Gasteiger partial charge in [0.25, 0.3) is 5.91 Å². The maximum atomic E-state index is 14.5. The van der Waals surface area contributed by atoms with Gasteiger partial charge in [0.15, 0.2) is 0 Å². The molecule has 2 fully saturated rings. The van der Waals surface area contributed by atoms with Gasteiger partial charge in [-0.3, -0.25) is 14.4 Å².